The fraction of sp³-hybridized carbons (Fsp3) is 0.275. The van der Waals surface area contributed by atoms with Gasteiger partial charge in [-0.25, -0.2) is 4.90 Å². The Morgan fingerprint density at radius 3 is 2.39 bits per heavy atom. The number of aromatic hydroxyl groups is 1. The van der Waals surface area contributed by atoms with Gasteiger partial charge in [0, 0.05) is 28.8 Å². The van der Waals surface area contributed by atoms with E-state index >= 15 is 0 Å². The van der Waals surface area contributed by atoms with Crippen molar-refractivity contribution in [3.63, 3.8) is 0 Å². The first-order valence-electron chi connectivity index (χ1n) is 17.0. The molecule has 2 aromatic heterocycles. The number of nitrogens with zero attached hydrogens (tertiary/aromatic N) is 4. The van der Waals surface area contributed by atoms with Crippen molar-refractivity contribution in [2.24, 2.45) is 36.1 Å². The fourth-order valence-electron chi connectivity index (χ4n) is 9.33. The number of rotatable bonds is 4. The number of thiophene rings is 1. The Morgan fingerprint density at radius 1 is 0.902 bits per heavy atom. The van der Waals surface area contributed by atoms with Gasteiger partial charge in [0.1, 0.15) is 17.3 Å². The summed E-state index contributed by atoms with van der Waals surface area (Å²) in [6.45, 7) is 3.87. The van der Waals surface area contributed by atoms with E-state index in [1.54, 1.807) is 77.7 Å². The average molecular weight is 717 g/mol. The van der Waals surface area contributed by atoms with Crippen LogP contribution in [0.2, 0.25) is 5.02 Å². The van der Waals surface area contributed by atoms with Crippen LogP contribution in [-0.2, 0) is 26.2 Å². The number of aryl methyl sites for hydroxylation is 2. The molecule has 2 aliphatic heterocycles. The van der Waals surface area contributed by atoms with Gasteiger partial charge in [0.25, 0.3) is 0 Å². The van der Waals surface area contributed by atoms with E-state index in [0.717, 1.165) is 31.7 Å². The van der Waals surface area contributed by atoms with Gasteiger partial charge in [0.2, 0.25) is 23.6 Å². The normalized spacial score (nSPS) is 27.2. The molecule has 2 saturated heterocycles. The van der Waals surface area contributed by atoms with E-state index in [-0.39, 0.29) is 35.8 Å². The molecule has 2 aliphatic carbocycles. The third-order valence-corrected chi connectivity index (χ3v) is 13.3. The minimum atomic E-state index is -1.21. The van der Waals surface area contributed by atoms with Crippen LogP contribution in [0.4, 0.5) is 11.5 Å². The number of hydrogen-bond donors (Lipinski definition) is 1. The summed E-state index contributed by atoms with van der Waals surface area (Å²) in [5.41, 5.74) is 2.64. The van der Waals surface area contributed by atoms with Crippen molar-refractivity contribution in [3.8, 4) is 16.3 Å². The quantitative estimate of drug-likeness (QED) is 0.153. The number of benzene rings is 3. The van der Waals surface area contributed by atoms with Crippen LogP contribution >= 0.6 is 22.9 Å². The van der Waals surface area contributed by atoms with E-state index in [1.165, 1.54) is 9.80 Å². The van der Waals surface area contributed by atoms with E-state index in [1.807, 2.05) is 44.2 Å². The van der Waals surface area contributed by atoms with Crippen LogP contribution in [0.25, 0.3) is 20.7 Å². The minimum Gasteiger partial charge on any atom is -0.508 e. The highest BCUT2D eigenvalue weighted by Gasteiger charge is 2.68. The van der Waals surface area contributed by atoms with Crippen LogP contribution in [-0.4, -0.2) is 38.5 Å². The molecule has 9 nitrogen and oxygen atoms in total. The monoisotopic (exact) mass is 716 g/mol. The molecule has 0 radical (unpaired) electrons. The van der Waals surface area contributed by atoms with Crippen molar-refractivity contribution in [2.75, 3.05) is 9.80 Å². The van der Waals surface area contributed by atoms with Crippen molar-refractivity contribution in [3.05, 3.63) is 107 Å². The first-order chi connectivity index (χ1) is 24.5. The number of aromatic nitrogens is 2. The lowest BCUT2D eigenvalue weighted by Crippen LogP contribution is -2.48. The van der Waals surface area contributed by atoms with Crippen molar-refractivity contribution in [1.29, 1.82) is 0 Å². The van der Waals surface area contributed by atoms with Gasteiger partial charge in [-0.1, -0.05) is 53.6 Å². The summed E-state index contributed by atoms with van der Waals surface area (Å²) in [5.74, 6) is -3.75. The predicted molar refractivity (Wildman–Crippen MR) is 195 cm³/mol. The second kappa shape index (κ2) is 11.2. The summed E-state index contributed by atoms with van der Waals surface area (Å²) in [4.78, 5) is 61.3. The zero-order valence-corrected chi connectivity index (χ0v) is 29.6. The zero-order valence-electron chi connectivity index (χ0n) is 28.0. The lowest BCUT2D eigenvalue weighted by Gasteiger charge is -2.49. The number of imide groups is 2. The van der Waals surface area contributed by atoms with E-state index in [9.17, 15) is 24.3 Å². The van der Waals surface area contributed by atoms with Gasteiger partial charge in [-0.05, 0) is 91.6 Å². The summed E-state index contributed by atoms with van der Waals surface area (Å²) in [6, 6.07) is 23.2. The van der Waals surface area contributed by atoms with E-state index < -0.39 is 35.0 Å². The lowest BCUT2D eigenvalue weighted by molar-refractivity contribution is -0.131. The number of carbonyl (C=O) groups is 4. The molecule has 256 valence electrons. The van der Waals surface area contributed by atoms with Crippen LogP contribution in [0.5, 0.6) is 5.75 Å². The highest BCUT2D eigenvalue weighted by Crippen LogP contribution is 2.64. The molecule has 11 heteroatoms. The first-order valence-corrected chi connectivity index (χ1v) is 18.2. The summed E-state index contributed by atoms with van der Waals surface area (Å²) in [7, 11) is 1.73. The number of para-hydroxylation sites is 1. The topological polar surface area (TPSA) is 113 Å². The zero-order chi connectivity index (χ0) is 35.5. The van der Waals surface area contributed by atoms with Crippen molar-refractivity contribution in [1.82, 2.24) is 9.78 Å². The number of phenolic OH excluding ortho intramolecular Hbond substituents is 1. The third kappa shape index (κ3) is 4.42. The molecule has 3 fully saturated rings. The molecule has 0 spiro atoms. The molecule has 6 atom stereocenters. The number of allylic oxidation sites excluding steroid dienone is 2. The van der Waals surface area contributed by atoms with Gasteiger partial charge in [-0.15, -0.1) is 11.3 Å². The number of amides is 4. The Labute approximate surface area is 302 Å². The Bertz CT molecular complexity index is 2360. The van der Waals surface area contributed by atoms with Gasteiger partial charge in [-0.3, -0.25) is 28.8 Å². The fourth-order valence-corrected chi connectivity index (χ4v) is 10.6. The smallest absolute Gasteiger partial charge is 0.242 e. The first kappa shape index (κ1) is 31.9. The van der Waals surface area contributed by atoms with Crippen molar-refractivity contribution >= 4 is 68.2 Å². The van der Waals surface area contributed by atoms with E-state index in [4.69, 9.17) is 16.7 Å². The molecule has 9 rings (SSSR count). The molecule has 0 unspecified atom stereocenters. The molecular weight excluding hydrogens is 684 g/mol. The van der Waals surface area contributed by atoms with Gasteiger partial charge in [-0.2, -0.15) is 5.10 Å². The molecule has 4 amide bonds. The molecule has 1 N–H and O–H groups in total. The second-order valence-electron chi connectivity index (χ2n) is 14.3. The number of carbonyl (C=O) groups excluding carboxylic acids is 4. The van der Waals surface area contributed by atoms with Crippen LogP contribution in [0.1, 0.15) is 36.8 Å². The molecule has 0 bridgehead atoms. The number of phenols is 1. The summed E-state index contributed by atoms with van der Waals surface area (Å²) in [6.07, 6.45) is 2.64. The maximum atomic E-state index is 15.0. The van der Waals surface area contributed by atoms with E-state index in [2.05, 4.69) is 0 Å². The summed E-state index contributed by atoms with van der Waals surface area (Å²) in [5, 5.41) is 16.7. The molecular formula is C40H33ClN4O5S. The standard InChI is InChI=1S/C40H33ClN4O5S/c1-20-27-17-22(41)11-16-31(27)51-35(20)30-19-32(43(3)42-30)45-37(48)29-18-28-25(34(40(29,2)39(45)50)21-9-12-24(46)13-10-21)14-15-26-33(28)38(49)44(36(26)47)23-7-5-4-6-8-23/h4-14,16-17,19,26,28-29,33-34,46H,15,18H2,1-3H3/t26-,28+,29-,33-,34-,40+/m0/s1. The molecule has 1 saturated carbocycles. The van der Waals surface area contributed by atoms with Crippen molar-refractivity contribution < 1.29 is 24.3 Å². The minimum absolute atomic E-state index is 0.0808. The van der Waals surface area contributed by atoms with Gasteiger partial charge in [0.15, 0.2) is 0 Å². The average Bonchev–Trinajstić information content (AvgIpc) is 3.79. The molecule has 51 heavy (non-hydrogen) atoms. The third-order valence-electron chi connectivity index (χ3n) is 11.7. The lowest BCUT2D eigenvalue weighted by atomic mass is 9.51. The Morgan fingerprint density at radius 2 is 1.65 bits per heavy atom. The van der Waals surface area contributed by atoms with Gasteiger partial charge in [0.05, 0.1) is 33.7 Å². The molecule has 5 aromatic rings. The number of anilines is 2. The number of fused-ring (bicyclic) bond motifs is 5. The van der Waals surface area contributed by atoms with Crippen LogP contribution in [0.15, 0.2) is 90.5 Å². The maximum Gasteiger partial charge on any atom is 0.242 e. The number of halogens is 1. The SMILES string of the molecule is Cc1c(-c2cc(N3C(=O)[C@@H]4C[C@@H]5C(=CC[C@@H]6C(=O)N(c7ccccc7)C(=O)[C@@H]65)[C@H](c5ccc(O)cc5)[C@]4(C)C3=O)n(C)n2)sc2ccc(Cl)cc12. The summed E-state index contributed by atoms with van der Waals surface area (Å²) >= 11 is 7.88. The van der Waals surface area contributed by atoms with Crippen LogP contribution in [0.3, 0.4) is 0 Å². The second-order valence-corrected chi connectivity index (χ2v) is 15.8. The predicted octanol–water partition coefficient (Wildman–Crippen LogP) is 7.40. The summed E-state index contributed by atoms with van der Waals surface area (Å²) < 4.78 is 2.64. The highest BCUT2D eigenvalue weighted by molar-refractivity contribution is 7.22. The maximum absolute atomic E-state index is 15.0. The Kier molecular flexibility index (Phi) is 7.02. The Hall–Kier alpha value is -5.06. The van der Waals surface area contributed by atoms with Crippen LogP contribution in [0, 0.1) is 36.0 Å². The van der Waals surface area contributed by atoms with E-state index in [0.29, 0.717) is 28.6 Å². The van der Waals surface area contributed by atoms with Gasteiger partial charge < -0.3 is 5.11 Å². The molecule has 3 aromatic carbocycles. The van der Waals surface area contributed by atoms with Gasteiger partial charge >= 0.3 is 0 Å². The largest absolute Gasteiger partial charge is 0.508 e. The molecule has 4 heterocycles. The van der Waals surface area contributed by atoms with Crippen molar-refractivity contribution in [2.45, 2.75) is 32.6 Å². The highest BCUT2D eigenvalue weighted by atomic mass is 35.5. The van der Waals surface area contributed by atoms with Crippen LogP contribution < -0.4 is 9.80 Å². The molecule has 4 aliphatic rings. The number of hydrogen-bond acceptors (Lipinski definition) is 7. The Balaban J connectivity index is 1.15.